The highest BCUT2D eigenvalue weighted by Crippen LogP contribution is 2.23. The van der Waals surface area contributed by atoms with Gasteiger partial charge >= 0.3 is 0 Å². The Balaban J connectivity index is 2.58. The summed E-state index contributed by atoms with van der Waals surface area (Å²) in [5.41, 5.74) is 0.192. The smallest absolute Gasteiger partial charge is 0.252 e. The third kappa shape index (κ3) is 4.56. The van der Waals surface area contributed by atoms with Crippen LogP contribution in [0, 0.1) is 0 Å². The number of nitrogens with one attached hydrogen (secondary N) is 2. The van der Waals surface area contributed by atoms with E-state index in [-0.39, 0.29) is 22.4 Å². The van der Waals surface area contributed by atoms with E-state index in [2.05, 4.69) is 10.3 Å². The molecule has 0 aliphatic rings. The first-order valence-corrected chi connectivity index (χ1v) is 10.7. The Labute approximate surface area is 159 Å². The Morgan fingerprint density at radius 1 is 1.19 bits per heavy atom. The van der Waals surface area contributed by atoms with Crippen molar-refractivity contribution in [1.82, 2.24) is 14.6 Å². The summed E-state index contributed by atoms with van der Waals surface area (Å²) in [6, 6.07) is 5.61. The van der Waals surface area contributed by atoms with Gasteiger partial charge < -0.3 is 10.3 Å². The van der Waals surface area contributed by atoms with Crippen molar-refractivity contribution in [2.24, 2.45) is 0 Å². The molecule has 7 nitrogen and oxygen atoms in total. The maximum atomic E-state index is 12.8. The molecule has 2 N–H and O–H groups in total. The molecule has 1 atom stereocenters. The molecule has 0 bridgehead atoms. The molecule has 2 rings (SSSR count). The minimum Gasteiger partial charge on any atom is -0.350 e. The van der Waals surface area contributed by atoms with Crippen LogP contribution >= 0.6 is 0 Å². The Bertz CT molecular complexity index is 978. The number of sulfonamides is 1. The Hall–Kier alpha value is -2.19. The van der Waals surface area contributed by atoms with Crippen LogP contribution < -0.4 is 10.9 Å². The second-order valence-corrected chi connectivity index (χ2v) is 8.45. The molecule has 0 spiro atoms. The number of aromatic nitrogens is 1. The summed E-state index contributed by atoms with van der Waals surface area (Å²) >= 11 is 0. The number of H-pyrrole nitrogens is 1. The zero-order valence-corrected chi connectivity index (χ0v) is 17.0. The van der Waals surface area contributed by atoms with Crippen LogP contribution in [-0.4, -0.2) is 42.7 Å². The maximum Gasteiger partial charge on any atom is 0.252 e. The van der Waals surface area contributed by atoms with Crippen LogP contribution in [0.15, 0.2) is 34.0 Å². The van der Waals surface area contributed by atoms with E-state index in [0.717, 1.165) is 12.8 Å². The number of carbonyl (C=O) groups is 1. The highest BCUT2D eigenvalue weighted by Gasteiger charge is 2.23. The van der Waals surface area contributed by atoms with E-state index in [0.29, 0.717) is 24.0 Å². The Morgan fingerprint density at radius 3 is 2.44 bits per heavy atom. The van der Waals surface area contributed by atoms with Crippen molar-refractivity contribution < 1.29 is 13.2 Å². The molecule has 1 aromatic heterocycles. The molecule has 8 heteroatoms. The van der Waals surface area contributed by atoms with Crippen LogP contribution in [0.1, 0.15) is 50.9 Å². The second kappa shape index (κ2) is 8.67. The standard InChI is InChI=1S/C19H27N3O4S/c1-5-8-13(4)20-19(24)16-12-18(23)21-17-10-9-14(11-15(16)17)27(25,26)22(6-2)7-3/h9-13H,5-8H2,1-4H3,(H,20,24)(H,21,23). The fraction of sp³-hybridized carbons (Fsp3) is 0.474. The first-order chi connectivity index (χ1) is 12.7. The average Bonchev–Trinajstić information content (AvgIpc) is 2.61. The van der Waals surface area contributed by atoms with Crippen LogP contribution in [-0.2, 0) is 10.0 Å². The largest absolute Gasteiger partial charge is 0.350 e. The van der Waals surface area contributed by atoms with E-state index in [4.69, 9.17) is 0 Å². The van der Waals surface area contributed by atoms with Crippen molar-refractivity contribution in [1.29, 1.82) is 0 Å². The molecule has 1 aromatic carbocycles. The van der Waals surface area contributed by atoms with E-state index in [9.17, 15) is 18.0 Å². The van der Waals surface area contributed by atoms with Gasteiger partial charge in [-0.05, 0) is 31.5 Å². The predicted octanol–water partition coefficient (Wildman–Crippen LogP) is 2.48. The molecule has 27 heavy (non-hydrogen) atoms. The van der Waals surface area contributed by atoms with Crippen molar-refractivity contribution in [3.05, 3.63) is 40.2 Å². The number of pyridine rings is 1. The van der Waals surface area contributed by atoms with Gasteiger partial charge in [0.05, 0.1) is 10.5 Å². The Morgan fingerprint density at radius 2 is 1.85 bits per heavy atom. The van der Waals surface area contributed by atoms with Gasteiger partial charge in [0.15, 0.2) is 0 Å². The van der Waals surface area contributed by atoms with Gasteiger partial charge in [0.2, 0.25) is 15.6 Å². The average molecular weight is 394 g/mol. The molecule has 0 saturated heterocycles. The molecule has 0 saturated carbocycles. The minimum absolute atomic E-state index is 0.0422. The van der Waals surface area contributed by atoms with Crippen molar-refractivity contribution >= 4 is 26.8 Å². The fourth-order valence-electron chi connectivity index (χ4n) is 3.10. The van der Waals surface area contributed by atoms with Gasteiger partial charge in [0.25, 0.3) is 5.91 Å². The van der Waals surface area contributed by atoms with E-state index in [1.165, 1.54) is 28.6 Å². The molecular formula is C19H27N3O4S. The summed E-state index contributed by atoms with van der Waals surface area (Å²) < 4.78 is 27.0. The first-order valence-electron chi connectivity index (χ1n) is 9.22. The molecule has 148 valence electrons. The number of benzene rings is 1. The number of nitrogens with zero attached hydrogens (tertiary/aromatic N) is 1. The molecule has 0 aliphatic heterocycles. The molecule has 2 aromatic rings. The Kier molecular flexibility index (Phi) is 6.78. The summed E-state index contributed by atoms with van der Waals surface area (Å²) in [5, 5.41) is 3.27. The van der Waals surface area contributed by atoms with Gasteiger partial charge in [-0.2, -0.15) is 4.31 Å². The van der Waals surface area contributed by atoms with Gasteiger partial charge in [0, 0.05) is 36.1 Å². The number of fused-ring (bicyclic) bond motifs is 1. The maximum absolute atomic E-state index is 12.8. The van der Waals surface area contributed by atoms with Gasteiger partial charge in [-0.1, -0.05) is 27.2 Å². The normalized spacial score (nSPS) is 13.1. The van der Waals surface area contributed by atoms with Crippen LogP contribution in [0.3, 0.4) is 0 Å². The van der Waals surface area contributed by atoms with Crippen LogP contribution in [0.4, 0.5) is 0 Å². The van der Waals surface area contributed by atoms with Gasteiger partial charge in [0.1, 0.15) is 0 Å². The lowest BCUT2D eigenvalue weighted by Crippen LogP contribution is -2.33. The summed E-state index contributed by atoms with van der Waals surface area (Å²) in [7, 11) is -3.67. The SMILES string of the molecule is CCCC(C)NC(=O)c1cc(=O)[nH]c2ccc(S(=O)(=O)N(CC)CC)cc12. The monoisotopic (exact) mass is 393 g/mol. The number of amides is 1. The van der Waals surface area contributed by atoms with Crippen LogP contribution in [0.2, 0.25) is 0 Å². The van der Waals surface area contributed by atoms with Gasteiger partial charge in [-0.25, -0.2) is 8.42 Å². The fourth-order valence-corrected chi connectivity index (χ4v) is 4.59. The lowest BCUT2D eigenvalue weighted by Gasteiger charge is -2.19. The van der Waals surface area contributed by atoms with Gasteiger partial charge in [-0.3, -0.25) is 9.59 Å². The van der Waals surface area contributed by atoms with E-state index < -0.39 is 15.6 Å². The second-order valence-electron chi connectivity index (χ2n) is 6.51. The quantitative estimate of drug-likeness (QED) is 0.720. The van der Waals surface area contributed by atoms with E-state index >= 15 is 0 Å². The number of hydrogen-bond donors (Lipinski definition) is 2. The summed E-state index contributed by atoms with van der Waals surface area (Å²) in [6.07, 6.45) is 1.73. The number of hydrogen-bond acceptors (Lipinski definition) is 4. The zero-order valence-electron chi connectivity index (χ0n) is 16.2. The van der Waals surface area contributed by atoms with E-state index in [1.54, 1.807) is 13.8 Å². The predicted molar refractivity (Wildman–Crippen MR) is 107 cm³/mol. The lowest BCUT2D eigenvalue weighted by atomic mass is 10.1. The lowest BCUT2D eigenvalue weighted by molar-refractivity contribution is 0.0940. The topological polar surface area (TPSA) is 99.3 Å². The van der Waals surface area contributed by atoms with E-state index in [1.807, 2.05) is 13.8 Å². The van der Waals surface area contributed by atoms with Crippen molar-refractivity contribution in [3.8, 4) is 0 Å². The number of carbonyl (C=O) groups excluding carboxylic acids is 1. The molecule has 1 unspecified atom stereocenters. The highest BCUT2D eigenvalue weighted by atomic mass is 32.2. The molecule has 1 amide bonds. The molecule has 0 aliphatic carbocycles. The summed E-state index contributed by atoms with van der Waals surface area (Å²) in [5.74, 6) is -0.385. The van der Waals surface area contributed by atoms with Crippen LogP contribution in [0.5, 0.6) is 0 Å². The highest BCUT2D eigenvalue weighted by molar-refractivity contribution is 7.89. The zero-order chi connectivity index (χ0) is 20.2. The van der Waals surface area contributed by atoms with Gasteiger partial charge in [-0.15, -0.1) is 0 Å². The summed E-state index contributed by atoms with van der Waals surface area (Å²) in [6.45, 7) is 8.17. The van der Waals surface area contributed by atoms with Crippen LogP contribution in [0.25, 0.3) is 10.9 Å². The number of rotatable bonds is 8. The molecule has 0 fully saturated rings. The molecular weight excluding hydrogens is 366 g/mol. The third-order valence-corrected chi connectivity index (χ3v) is 6.55. The first kappa shape index (κ1) is 21.1. The third-order valence-electron chi connectivity index (χ3n) is 4.50. The summed E-state index contributed by atoms with van der Waals surface area (Å²) in [4.78, 5) is 27.4. The van der Waals surface area contributed by atoms with Crippen molar-refractivity contribution in [2.45, 2.75) is 51.5 Å². The molecule has 0 radical (unpaired) electrons. The van der Waals surface area contributed by atoms with Crippen molar-refractivity contribution in [3.63, 3.8) is 0 Å². The minimum atomic E-state index is -3.67. The molecule has 1 heterocycles. The van der Waals surface area contributed by atoms with Crippen molar-refractivity contribution in [2.75, 3.05) is 13.1 Å². The number of aromatic amines is 1.